The summed E-state index contributed by atoms with van der Waals surface area (Å²) in [5.74, 6) is 0.113. The van der Waals surface area contributed by atoms with Gasteiger partial charge in [-0.1, -0.05) is 0 Å². The van der Waals surface area contributed by atoms with Gasteiger partial charge in [0.1, 0.15) is 0 Å². The molecule has 1 aliphatic heterocycles. The largest absolute Gasteiger partial charge is 0.333 e. The molecule has 0 unspecified atom stereocenters. The average Bonchev–Trinajstić information content (AvgIpc) is 3.06. The first-order valence-electron chi connectivity index (χ1n) is 6.88. The number of fused-ring (bicyclic) bond motifs is 1. The topological polar surface area (TPSA) is 56.0 Å². The maximum Gasteiger partial charge on any atom is 0.220 e. The van der Waals surface area contributed by atoms with Gasteiger partial charge in [-0.15, -0.1) is 0 Å². The van der Waals surface area contributed by atoms with E-state index in [1.54, 1.807) is 13.1 Å². The maximum absolute atomic E-state index is 11.6. The van der Waals surface area contributed by atoms with Gasteiger partial charge in [-0.3, -0.25) is 14.2 Å². The molecule has 1 amide bonds. The number of hydrogen-bond acceptors (Lipinski definition) is 3. The molecule has 0 saturated heterocycles. The molecule has 0 spiro atoms. The number of carbonyl (C=O) groups is 1. The Bertz CT molecular complexity index is 626. The summed E-state index contributed by atoms with van der Waals surface area (Å²) < 4.78 is 3.90. The summed E-state index contributed by atoms with van der Waals surface area (Å²) in [6.45, 7) is 7.82. The first-order valence-corrected chi connectivity index (χ1v) is 6.88. The highest BCUT2D eigenvalue weighted by Gasteiger charge is 2.29. The van der Waals surface area contributed by atoms with Crippen molar-refractivity contribution in [3.8, 4) is 0 Å². The lowest BCUT2D eigenvalue weighted by atomic mass is 10.2. The fourth-order valence-electron chi connectivity index (χ4n) is 2.66. The quantitative estimate of drug-likeness (QED) is 0.853. The Hall–Kier alpha value is -2.11. The zero-order valence-electron chi connectivity index (χ0n) is 12.1. The zero-order valence-corrected chi connectivity index (χ0v) is 12.1. The van der Waals surface area contributed by atoms with Gasteiger partial charge in [0.2, 0.25) is 5.91 Å². The number of amides is 1. The molecule has 20 heavy (non-hydrogen) atoms. The predicted molar refractivity (Wildman–Crippen MR) is 73.9 cm³/mol. The van der Waals surface area contributed by atoms with E-state index in [4.69, 9.17) is 5.10 Å². The predicted octanol–water partition coefficient (Wildman–Crippen LogP) is 1.57. The van der Waals surface area contributed by atoms with Crippen molar-refractivity contribution in [3.05, 3.63) is 35.4 Å². The smallest absolute Gasteiger partial charge is 0.220 e. The molecule has 0 aromatic carbocycles. The third kappa shape index (κ3) is 2.11. The van der Waals surface area contributed by atoms with Gasteiger partial charge in [-0.2, -0.15) is 10.2 Å². The summed E-state index contributed by atoms with van der Waals surface area (Å²) >= 11 is 0. The molecule has 3 rings (SSSR count). The molecule has 0 atom stereocenters. The SMILES string of the molecule is CC(=O)N1Cc2c(Cn3cccn3)nn(C(C)C)c2C1. The Labute approximate surface area is 118 Å². The van der Waals surface area contributed by atoms with Crippen LogP contribution in [0.5, 0.6) is 0 Å². The molecule has 6 nitrogen and oxygen atoms in total. The van der Waals surface area contributed by atoms with Crippen LogP contribution in [0, 0.1) is 0 Å². The molecule has 106 valence electrons. The van der Waals surface area contributed by atoms with Crippen LogP contribution >= 0.6 is 0 Å². The van der Waals surface area contributed by atoms with E-state index in [-0.39, 0.29) is 5.91 Å². The van der Waals surface area contributed by atoms with Crippen LogP contribution in [0.15, 0.2) is 18.5 Å². The summed E-state index contributed by atoms with van der Waals surface area (Å²) in [4.78, 5) is 13.5. The van der Waals surface area contributed by atoms with Crippen molar-refractivity contribution in [3.63, 3.8) is 0 Å². The molecule has 1 aliphatic rings. The molecule has 0 bridgehead atoms. The lowest BCUT2D eigenvalue weighted by molar-refractivity contribution is -0.129. The van der Waals surface area contributed by atoms with E-state index >= 15 is 0 Å². The van der Waals surface area contributed by atoms with E-state index in [0.717, 1.165) is 11.4 Å². The van der Waals surface area contributed by atoms with E-state index in [9.17, 15) is 4.79 Å². The van der Waals surface area contributed by atoms with Crippen LogP contribution < -0.4 is 0 Å². The Balaban J connectivity index is 1.96. The lowest BCUT2D eigenvalue weighted by Gasteiger charge is -2.15. The van der Waals surface area contributed by atoms with Crippen LogP contribution in [0.2, 0.25) is 0 Å². The maximum atomic E-state index is 11.6. The minimum absolute atomic E-state index is 0.113. The Morgan fingerprint density at radius 1 is 1.40 bits per heavy atom. The van der Waals surface area contributed by atoms with Crippen molar-refractivity contribution in [2.45, 2.75) is 46.4 Å². The number of carbonyl (C=O) groups excluding carboxylic acids is 1. The van der Waals surface area contributed by atoms with E-state index in [1.807, 2.05) is 26.5 Å². The van der Waals surface area contributed by atoms with Gasteiger partial charge >= 0.3 is 0 Å². The lowest BCUT2D eigenvalue weighted by Crippen LogP contribution is -2.24. The molecule has 0 saturated carbocycles. The monoisotopic (exact) mass is 273 g/mol. The van der Waals surface area contributed by atoms with Crippen LogP contribution in [0.1, 0.15) is 43.8 Å². The van der Waals surface area contributed by atoms with Crippen LogP contribution in [0.4, 0.5) is 0 Å². The van der Waals surface area contributed by atoms with Gasteiger partial charge < -0.3 is 4.90 Å². The molecule has 6 heteroatoms. The molecule has 0 radical (unpaired) electrons. The summed E-state index contributed by atoms with van der Waals surface area (Å²) in [5, 5.41) is 8.95. The van der Waals surface area contributed by atoms with Crippen molar-refractivity contribution < 1.29 is 4.79 Å². The van der Waals surface area contributed by atoms with Crippen molar-refractivity contribution in [1.82, 2.24) is 24.5 Å². The van der Waals surface area contributed by atoms with Crippen molar-refractivity contribution in [1.29, 1.82) is 0 Å². The van der Waals surface area contributed by atoms with Crippen LogP contribution in [-0.4, -0.2) is 30.4 Å². The van der Waals surface area contributed by atoms with Crippen LogP contribution in [-0.2, 0) is 24.4 Å². The van der Waals surface area contributed by atoms with Gasteiger partial charge in [0.05, 0.1) is 24.5 Å². The Morgan fingerprint density at radius 3 is 2.80 bits per heavy atom. The van der Waals surface area contributed by atoms with Crippen LogP contribution in [0.3, 0.4) is 0 Å². The third-order valence-corrected chi connectivity index (χ3v) is 3.70. The molecule has 0 N–H and O–H groups in total. The van der Waals surface area contributed by atoms with Gasteiger partial charge in [-0.25, -0.2) is 0 Å². The van der Waals surface area contributed by atoms with Gasteiger partial charge in [0.15, 0.2) is 0 Å². The Morgan fingerprint density at radius 2 is 2.20 bits per heavy atom. The summed E-state index contributed by atoms with van der Waals surface area (Å²) in [6.07, 6.45) is 3.69. The highest BCUT2D eigenvalue weighted by atomic mass is 16.2. The molecule has 0 aliphatic carbocycles. The van der Waals surface area contributed by atoms with E-state index in [2.05, 4.69) is 18.9 Å². The average molecular weight is 273 g/mol. The van der Waals surface area contributed by atoms with Crippen molar-refractivity contribution in [2.75, 3.05) is 0 Å². The normalized spacial score (nSPS) is 14.1. The molecular formula is C14H19N5O. The highest BCUT2D eigenvalue weighted by Crippen LogP contribution is 2.28. The molecular weight excluding hydrogens is 254 g/mol. The van der Waals surface area contributed by atoms with Gasteiger partial charge in [0, 0.05) is 37.5 Å². The molecule has 2 aromatic rings. The number of nitrogens with zero attached hydrogens (tertiary/aromatic N) is 5. The van der Waals surface area contributed by atoms with Crippen molar-refractivity contribution in [2.24, 2.45) is 0 Å². The third-order valence-electron chi connectivity index (χ3n) is 3.70. The number of hydrogen-bond donors (Lipinski definition) is 0. The minimum atomic E-state index is 0.113. The zero-order chi connectivity index (χ0) is 14.3. The second-order valence-corrected chi connectivity index (χ2v) is 5.49. The fraction of sp³-hybridized carbons (Fsp3) is 0.500. The highest BCUT2D eigenvalue weighted by molar-refractivity contribution is 5.74. The number of rotatable bonds is 3. The minimum Gasteiger partial charge on any atom is -0.333 e. The Kier molecular flexibility index (Phi) is 3.08. The number of aromatic nitrogens is 4. The first-order chi connectivity index (χ1) is 9.56. The first kappa shape index (κ1) is 12.9. The van der Waals surface area contributed by atoms with E-state index in [0.29, 0.717) is 25.7 Å². The van der Waals surface area contributed by atoms with E-state index < -0.39 is 0 Å². The molecule has 0 fully saturated rings. The summed E-state index contributed by atoms with van der Waals surface area (Å²) in [7, 11) is 0. The second-order valence-electron chi connectivity index (χ2n) is 5.49. The van der Waals surface area contributed by atoms with Gasteiger partial charge in [-0.05, 0) is 19.9 Å². The second kappa shape index (κ2) is 4.77. The fourth-order valence-corrected chi connectivity index (χ4v) is 2.66. The van der Waals surface area contributed by atoms with Gasteiger partial charge in [0.25, 0.3) is 0 Å². The molecule has 2 aromatic heterocycles. The standard InChI is InChI=1S/C14H19N5O/c1-10(2)19-14-9-17(11(3)20)7-12(14)13(16-19)8-18-6-4-5-15-18/h4-6,10H,7-9H2,1-3H3. The summed E-state index contributed by atoms with van der Waals surface area (Å²) in [6, 6.07) is 2.20. The van der Waals surface area contributed by atoms with E-state index in [1.165, 1.54) is 5.56 Å². The summed E-state index contributed by atoms with van der Waals surface area (Å²) in [5.41, 5.74) is 3.36. The van der Waals surface area contributed by atoms with Crippen molar-refractivity contribution >= 4 is 5.91 Å². The van der Waals surface area contributed by atoms with Crippen LogP contribution in [0.25, 0.3) is 0 Å². The molecule has 3 heterocycles.